The van der Waals surface area contributed by atoms with Crippen molar-refractivity contribution in [3.05, 3.63) is 53.6 Å². The van der Waals surface area contributed by atoms with E-state index in [0.29, 0.717) is 28.2 Å². The van der Waals surface area contributed by atoms with E-state index in [1.54, 1.807) is 17.0 Å². The Balaban J connectivity index is 1.76. The number of hydrogen-bond donors (Lipinski definition) is 1. The quantitative estimate of drug-likeness (QED) is 0.849. The van der Waals surface area contributed by atoms with E-state index in [-0.39, 0.29) is 5.91 Å². The fraction of sp³-hybridized carbons (Fsp3) is 0.364. The van der Waals surface area contributed by atoms with E-state index < -0.39 is 5.91 Å². The van der Waals surface area contributed by atoms with Gasteiger partial charge < -0.3 is 15.4 Å². The number of rotatable bonds is 6. The van der Waals surface area contributed by atoms with Crippen molar-refractivity contribution in [3.63, 3.8) is 0 Å². The Morgan fingerprint density at radius 2 is 1.74 bits per heavy atom. The van der Waals surface area contributed by atoms with Gasteiger partial charge in [0.1, 0.15) is 5.75 Å². The van der Waals surface area contributed by atoms with Gasteiger partial charge in [0.2, 0.25) is 0 Å². The Kier molecular flexibility index (Phi) is 4.96. The molecule has 1 aliphatic carbocycles. The van der Waals surface area contributed by atoms with Crippen LogP contribution in [0.3, 0.4) is 0 Å². The van der Waals surface area contributed by atoms with Gasteiger partial charge >= 0.3 is 0 Å². The molecule has 0 radical (unpaired) electrons. The van der Waals surface area contributed by atoms with Crippen molar-refractivity contribution < 1.29 is 14.3 Å². The first-order chi connectivity index (χ1) is 12.7. The van der Waals surface area contributed by atoms with E-state index in [0.717, 1.165) is 17.7 Å². The van der Waals surface area contributed by atoms with Crippen LogP contribution >= 0.6 is 0 Å². The van der Waals surface area contributed by atoms with Gasteiger partial charge in [-0.25, -0.2) is 0 Å². The summed E-state index contributed by atoms with van der Waals surface area (Å²) in [6.45, 7) is 5.26. The Morgan fingerprint density at radius 1 is 1.15 bits per heavy atom. The highest BCUT2D eigenvalue weighted by molar-refractivity contribution is 5.97. The lowest BCUT2D eigenvalue weighted by Gasteiger charge is -2.18. The molecule has 27 heavy (non-hydrogen) atoms. The smallest absolute Gasteiger partial charge is 0.253 e. The van der Waals surface area contributed by atoms with Crippen LogP contribution in [0.2, 0.25) is 0 Å². The SMILES string of the molecule is COc1ccc(-c2ccc(C(=O)N(C)C[C@H]3CC3(C)C)cc2)cc1C(N)=O. The molecule has 2 aromatic rings. The van der Waals surface area contributed by atoms with Gasteiger partial charge in [0.25, 0.3) is 11.8 Å². The highest BCUT2D eigenvalue weighted by Gasteiger charge is 2.46. The molecule has 0 aliphatic heterocycles. The number of ether oxygens (including phenoxy) is 1. The van der Waals surface area contributed by atoms with Crippen LogP contribution in [0, 0.1) is 11.3 Å². The second-order valence-corrected chi connectivity index (χ2v) is 7.93. The third-order valence-electron chi connectivity index (χ3n) is 5.49. The standard InChI is InChI=1S/C22H26N2O3/c1-22(2)12-17(22)13-24(3)21(26)15-7-5-14(6-8-15)16-9-10-19(27-4)18(11-16)20(23)25/h5-11,17H,12-13H2,1-4H3,(H2,23,25)/t17-/m1/s1. The minimum absolute atomic E-state index is 0.0248. The monoisotopic (exact) mass is 366 g/mol. The molecule has 2 N–H and O–H groups in total. The Labute approximate surface area is 160 Å². The molecule has 142 valence electrons. The summed E-state index contributed by atoms with van der Waals surface area (Å²) in [7, 11) is 3.36. The molecule has 0 heterocycles. The molecule has 2 amide bonds. The van der Waals surface area contributed by atoms with Gasteiger partial charge in [-0.05, 0) is 53.1 Å². The maximum atomic E-state index is 12.6. The molecular formula is C22H26N2O3. The summed E-state index contributed by atoms with van der Waals surface area (Å²) >= 11 is 0. The number of benzene rings is 2. The van der Waals surface area contributed by atoms with Crippen molar-refractivity contribution in [2.75, 3.05) is 20.7 Å². The van der Waals surface area contributed by atoms with Crippen LogP contribution in [-0.2, 0) is 0 Å². The highest BCUT2D eigenvalue weighted by Crippen LogP contribution is 2.51. The molecule has 1 atom stereocenters. The molecular weight excluding hydrogens is 340 g/mol. The molecule has 3 rings (SSSR count). The number of nitrogens with zero attached hydrogens (tertiary/aromatic N) is 1. The van der Waals surface area contributed by atoms with Gasteiger partial charge in [0, 0.05) is 19.2 Å². The second-order valence-electron chi connectivity index (χ2n) is 7.93. The summed E-state index contributed by atoms with van der Waals surface area (Å²) in [5.74, 6) is 0.516. The molecule has 0 aromatic heterocycles. The Morgan fingerprint density at radius 3 is 2.26 bits per heavy atom. The Bertz CT molecular complexity index is 872. The largest absolute Gasteiger partial charge is 0.496 e. The molecule has 0 bridgehead atoms. The summed E-state index contributed by atoms with van der Waals surface area (Å²) in [4.78, 5) is 26.1. The van der Waals surface area contributed by atoms with E-state index in [9.17, 15) is 9.59 Å². The normalized spacial score (nSPS) is 17.3. The van der Waals surface area contributed by atoms with E-state index >= 15 is 0 Å². The van der Waals surface area contributed by atoms with Gasteiger partial charge in [0.05, 0.1) is 12.7 Å². The van der Waals surface area contributed by atoms with Crippen molar-refractivity contribution in [2.45, 2.75) is 20.3 Å². The van der Waals surface area contributed by atoms with Crippen LogP contribution in [0.4, 0.5) is 0 Å². The molecule has 1 aliphatic rings. The lowest BCUT2D eigenvalue weighted by atomic mass is 10.0. The van der Waals surface area contributed by atoms with Crippen LogP contribution < -0.4 is 10.5 Å². The number of nitrogens with two attached hydrogens (primary N) is 1. The fourth-order valence-corrected chi connectivity index (χ4v) is 3.41. The van der Waals surface area contributed by atoms with Crippen LogP contribution in [0.5, 0.6) is 5.75 Å². The summed E-state index contributed by atoms with van der Waals surface area (Å²) < 4.78 is 5.17. The summed E-state index contributed by atoms with van der Waals surface area (Å²) in [5.41, 5.74) is 8.52. The molecule has 5 heteroatoms. The zero-order valence-corrected chi connectivity index (χ0v) is 16.3. The number of methoxy groups -OCH3 is 1. The van der Waals surface area contributed by atoms with Gasteiger partial charge in [-0.2, -0.15) is 0 Å². The van der Waals surface area contributed by atoms with Gasteiger partial charge in [-0.15, -0.1) is 0 Å². The molecule has 1 fully saturated rings. The van der Waals surface area contributed by atoms with Crippen LogP contribution in [-0.4, -0.2) is 37.4 Å². The van der Waals surface area contributed by atoms with Crippen LogP contribution in [0.1, 0.15) is 41.0 Å². The first kappa shape index (κ1) is 19.0. The first-order valence-corrected chi connectivity index (χ1v) is 9.06. The molecule has 2 aromatic carbocycles. The van der Waals surface area contributed by atoms with Gasteiger partial charge in [-0.3, -0.25) is 9.59 Å². The summed E-state index contributed by atoms with van der Waals surface area (Å²) in [6, 6.07) is 12.7. The predicted octanol–water partition coefficient (Wildman–Crippen LogP) is 3.58. The molecule has 0 unspecified atom stereocenters. The fourth-order valence-electron chi connectivity index (χ4n) is 3.41. The van der Waals surface area contributed by atoms with E-state index in [4.69, 9.17) is 10.5 Å². The minimum atomic E-state index is -0.537. The maximum Gasteiger partial charge on any atom is 0.253 e. The molecule has 1 saturated carbocycles. The lowest BCUT2D eigenvalue weighted by molar-refractivity contribution is 0.0784. The molecule has 0 spiro atoms. The zero-order valence-electron chi connectivity index (χ0n) is 16.3. The number of primary amides is 1. The van der Waals surface area contributed by atoms with Crippen molar-refractivity contribution in [3.8, 4) is 16.9 Å². The second kappa shape index (κ2) is 7.06. The average molecular weight is 366 g/mol. The number of hydrogen-bond acceptors (Lipinski definition) is 3. The van der Waals surface area contributed by atoms with Gasteiger partial charge in [0.15, 0.2) is 0 Å². The maximum absolute atomic E-state index is 12.6. The molecule has 5 nitrogen and oxygen atoms in total. The van der Waals surface area contributed by atoms with E-state index in [1.165, 1.54) is 13.5 Å². The third-order valence-corrected chi connectivity index (χ3v) is 5.49. The van der Waals surface area contributed by atoms with E-state index in [2.05, 4.69) is 13.8 Å². The van der Waals surface area contributed by atoms with Crippen molar-refractivity contribution in [2.24, 2.45) is 17.1 Å². The number of amides is 2. The van der Waals surface area contributed by atoms with Crippen molar-refractivity contribution in [1.29, 1.82) is 0 Å². The summed E-state index contributed by atoms with van der Waals surface area (Å²) in [6.07, 6.45) is 1.17. The lowest BCUT2D eigenvalue weighted by Crippen LogP contribution is -2.29. The number of carbonyl (C=O) groups excluding carboxylic acids is 2. The average Bonchev–Trinajstić information content (AvgIpc) is 3.26. The minimum Gasteiger partial charge on any atom is -0.496 e. The summed E-state index contributed by atoms with van der Waals surface area (Å²) in [5, 5.41) is 0. The third kappa shape index (κ3) is 3.97. The van der Waals surface area contributed by atoms with Crippen molar-refractivity contribution >= 4 is 11.8 Å². The zero-order chi connectivity index (χ0) is 19.8. The van der Waals surface area contributed by atoms with Crippen molar-refractivity contribution in [1.82, 2.24) is 4.90 Å². The van der Waals surface area contributed by atoms with E-state index in [1.807, 2.05) is 37.4 Å². The van der Waals surface area contributed by atoms with Crippen LogP contribution in [0.25, 0.3) is 11.1 Å². The molecule has 0 saturated heterocycles. The van der Waals surface area contributed by atoms with Crippen LogP contribution in [0.15, 0.2) is 42.5 Å². The number of carbonyl (C=O) groups is 2. The topological polar surface area (TPSA) is 72.6 Å². The highest BCUT2D eigenvalue weighted by atomic mass is 16.5. The first-order valence-electron chi connectivity index (χ1n) is 9.06. The van der Waals surface area contributed by atoms with Gasteiger partial charge in [-0.1, -0.05) is 32.0 Å². The Hall–Kier alpha value is -2.82. The predicted molar refractivity (Wildman–Crippen MR) is 106 cm³/mol.